The van der Waals surface area contributed by atoms with Gasteiger partial charge < -0.3 is 13.9 Å². The largest absolute Gasteiger partial charge is 0.478 e. The van der Waals surface area contributed by atoms with E-state index in [0.29, 0.717) is 46.9 Å². The molecule has 1 aromatic heterocycles. The maximum absolute atomic E-state index is 13.0. The van der Waals surface area contributed by atoms with Crippen molar-refractivity contribution in [3.63, 3.8) is 0 Å². The quantitative estimate of drug-likeness (QED) is 0.441. The van der Waals surface area contributed by atoms with Crippen LogP contribution in [0.5, 0.6) is 11.5 Å². The highest BCUT2D eigenvalue weighted by molar-refractivity contribution is 6.42. The Kier molecular flexibility index (Phi) is 5.05. The van der Waals surface area contributed by atoms with Crippen LogP contribution >= 0.6 is 23.2 Å². The Morgan fingerprint density at radius 3 is 2.68 bits per heavy atom. The minimum Gasteiger partial charge on any atom is -0.478 e. The third-order valence-corrected chi connectivity index (χ3v) is 6.15. The molecule has 0 aliphatic carbocycles. The molecular weight excluding hydrogens is 437 g/mol. The molecule has 2 aliphatic rings. The zero-order valence-electron chi connectivity index (χ0n) is 17.0. The topological polar surface area (TPSA) is 51.9 Å². The summed E-state index contributed by atoms with van der Waals surface area (Å²) in [4.78, 5) is 15.2. The summed E-state index contributed by atoms with van der Waals surface area (Å²) in [5.74, 6) is 2.76. The SMILES string of the molecule is Cc1ccc(/C=C2\Oc3c4c(cc(C)c3C2=O)OCN(Cc2ccc(Cl)c(Cl)c2)C4)o1. The maximum Gasteiger partial charge on any atom is 0.232 e. The van der Waals surface area contributed by atoms with Gasteiger partial charge in [-0.1, -0.05) is 29.3 Å². The van der Waals surface area contributed by atoms with Crippen LogP contribution in [0.2, 0.25) is 10.0 Å². The third-order valence-electron chi connectivity index (χ3n) is 5.41. The predicted molar refractivity (Wildman–Crippen MR) is 119 cm³/mol. The third kappa shape index (κ3) is 3.74. The predicted octanol–water partition coefficient (Wildman–Crippen LogP) is 6.17. The van der Waals surface area contributed by atoms with Gasteiger partial charge in [0.1, 0.15) is 29.8 Å². The molecule has 2 aliphatic heterocycles. The van der Waals surface area contributed by atoms with Gasteiger partial charge in [-0.05, 0) is 55.3 Å². The van der Waals surface area contributed by atoms with Crippen molar-refractivity contribution in [2.75, 3.05) is 6.73 Å². The molecule has 31 heavy (non-hydrogen) atoms. The number of Topliss-reactive ketones (excluding diaryl/α,β-unsaturated/α-hetero) is 1. The molecule has 0 saturated heterocycles. The molecular formula is C24H19Cl2NO4. The number of furan rings is 1. The number of ether oxygens (including phenoxy) is 2. The average Bonchev–Trinajstić information content (AvgIpc) is 3.29. The van der Waals surface area contributed by atoms with E-state index >= 15 is 0 Å². The molecule has 0 unspecified atom stereocenters. The van der Waals surface area contributed by atoms with E-state index in [9.17, 15) is 4.79 Å². The molecule has 3 heterocycles. The average molecular weight is 456 g/mol. The van der Waals surface area contributed by atoms with Gasteiger partial charge in [-0.25, -0.2) is 0 Å². The molecule has 0 spiro atoms. The lowest BCUT2D eigenvalue weighted by Gasteiger charge is -2.30. The highest BCUT2D eigenvalue weighted by Gasteiger charge is 2.35. The molecule has 0 amide bonds. The zero-order chi connectivity index (χ0) is 21.7. The Morgan fingerprint density at radius 2 is 1.94 bits per heavy atom. The van der Waals surface area contributed by atoms with E-state index < -0.39 is 0 Å². The standard InChI is InChI=1S/C24H19Cl2NO4/c1-13-7-20-17(11-27(12-29-20)10-15-4-6-18(25)19(26)8-15)24-22(13)23(28)21(31-24)9-16-5-3-14(2)30-16/h3-9H,10-12H2,1-2H3/b21-9-. The Bertz CT molecular complexity index is 1240. The Morgan fingerprint density at radius 1 is 1.10 bits per heavy atom. The van der Waals surface area contributed by atoms with Gasteiger partial charge in [0.05, 0.1) is 21.2 Å². The summed E-state index contributed by atoms with van der Waals surface area (Å²) >= 11 is 12.2. The molecule has 0 N–H and O–H groups in total. The van der Waals surface area contributed by atoms with Crippen LogP contribution in [-0.4, -0.2) is 17.4 Å². The number of fused-ring (bicyclic) bond motifs is 3. The van der Waals surface area contributed by atoms with Gasteiger partial charge in [-0.15, -0.1) is 0 Å². The molecule has 5 nitrogen and oxygen atoms in total. The molecule has 7 heteroatoms. The summed E-state index contributed by atoms with van der Waals surface area (Å²) < 4.78 is 17.6. The lowest BCUT2D eigenvalue weighted by atomic mass is 9.98. The molecule has 0 bridgehead atoms. The smallest absolute Gasteiger partial charge is 0.232 e. The first-order valence-electron chi connectivity index (χ1n) is 9.85. The fourth-order valence-electron chi connectivity index (χ4n) is 3.93. The van der Waals surface area contributed by atoms with Gasteiger partial charge in [0.25, 0.3) is 0 Å². The van der Waals surface area contributed by atoms with E-state index in [2.05, 4.69) is 4.90 Å². The molecule has 2 aromatic carbocycles. The summed E-state index contributed by atoms with van der Waals surface area (Å²) in [5.41, 5.74) is 3.29. The van der Waals surface area contributed by atoms with Crippen molar-refractivity contribution in [3.05, 3.63) is 86.0 Å². The van der Waals surface area contributed by atoms with Crippen LogP contribution in [0.1, 0.15) is 38.6 Å². The Balaban J connectivity index is 1.45. The van der Waals surface area contributed by atoms with Crippen LogP contribution in [-0.2, 0) is 13.1 Å². The number of ketones is 1. The fourth-order valence-corrected chi connectivity index (χ4v) is 4.25. The number of halogens is 2. The first-order valence-corrected chi connectivity index (χ1v) is 10.6. The number of nitrogens with zero attached hydrogens (tertiary/aromatic N) is 1. The van der Waals surface area contributed by atoms with E-state index in [1.807, 2.05) is 44.2 Å². The van der Waals surface area contributed by atoms with Crippen molar-refractivity contribution in [1.82, 2.24) is 4.90 Å². The lowest BCUT2D eigenvalue weighted by molar-refractivity contribution is 0.0872. The van der Waals surface area contributed by atoms with Crippen LogP contribution in [0, 0.1) is 13.8 Å². The molecule has 0 fully saturated rings. The van der Waals surface area contributed by atoms with Crippen molar-refractivity contribution < 1.29 is 18.7 Å². The Hall–Kier alpha value is -2.73. The van der Waals surface area contributed by atoms with E-state index in [4.69, 9.17) is 37.1 Å². The van der Waals surface area contributed by atoms with Crippen molar-refractivity contribution >= 4 is 35.1 Å². The van der Waals surface area contributed by atoms with Crippen LogP contribution in [0.4, 0.5) is 0 Å². The van der Waals surface area contributed by atoms with Gasteiger partial charge in [0, 0.05) is 19.2 Å². The molecule has 0 radical (unpaired) electrons. The van der Waals surface area contributed by atoms with Crippen molar-refractivity contribution in [1.29, 1.82) is 0 Å². The minimum atomic E-state index is -0.147. The number of hydrogen-bond donors (Lipinski definition) is 0. The van der Waals surface area contributed by atoms with E-state index in [1.54, 1.807) is 12.1 Å². The molecule has 3 aromatic rings. The van der Waals surface area contributed by atoms with Crippen LogP contribution < -0.4 is 9.47 Å². The summed E-state index contributed by atoms with van der Waals surface area (Å²) in [6.07, 6.45) is 1.64. The molecule has 0 atom stereocenters. The van der Waals surface area contributed by atoms with Crippen molar-refractivity contribution in [2.45, 2.75) is 26.9 Å². The van der Waals surface area contributed by atoms with E-state index in [0.717, 1.165) is 28.2 Å². The highest BCUT2D eigenvalue weighted by Crippen LogP contribution is 2.44. The van der Waals surface area contributed by atoms with E-state index in [-0.39, 0.29) is 11.5 Å². The van der Waals surface area contributed by atoms with Gasteiger partial charge in [-0.3, -0.25) is 9.69 Å². The second kappa shape index (κ2) is 7.75. The van der Waals surface area contributed by atoms with E-state index in [1.165, 1.54) is 0 Å². The molecule has 0 saturated carbocycles. The van der Waals surface area contributed by atoms with Crippen molar-refractivity contribution in [3.8, 4) is 11.5 Å². The number of aryl methyl sites for hydroxylation is 2. The van der Waals surface area contributed by atoms with Gasteiger partial charge >= 0.3 is 0 Å². The van der Waals surface area contributed by atoms with Gasteiger partial charge in [0.2, 0.25) is 5.78 Å². The number of rotatable bonds is 3. The number of carbonyl (C=O) groups is 1. The number of carbonyl (C=O) groups excluding carboxylic acids is 1. The van der Waals surface area contributed by atoms with Crippen LogP contribution in [0.25, 0.3) is 6.08 Å². The number of benzene rings is 2. The highest BCUT2D eigenvalue weighted by atomic mass is 35.5. The zero-order valence-corrected chi connectivity index (χ0v) is 18.5. The normalized spacial score (nSPS) is 16.8. The van der Waals surface area contributed by atoms with Gasteiger partial charge in [0.15, 0.2) is 5.76 Å². The minimum absolute atomic E-state index is 0.147. The van der Waals surface area contributed by atoms with Crippen LogP contribution in [0.15, 0.2) is 46.6 Å². The first kappa shape index (κ1) is 20.2. The number of hydrogen-bond acceptors (Lipinski definition) is 5. The summed E-state index contributed by atoms with van der Waals surface area (Å²) in [5, 5.41) is 1.04. The molecule has 5 rings (SSSR count). The fraction of sp³-hybridized carbons (Fsp3) is 0.208. The van der Waals surface area contributed by atoms with Gasteiger partial charge in [-0.2, -0.15) is 0 Å². The second-order valence-corrected chi connectivity index (χ2v) is 8.59. The summed E-state index contributed by atoms with van der Waals surface area (Å²) in [6, 6.07) is 11.1. The number of allylic oxidation sites excluding steroid dienone is 1. The van der Waals surface area contributed by atoms with Crippen molar-refractivity contribution in [2.24, 2.45) is 0 Å². The lowest BCUT2D eigenvalue weighted by Crippen LogP contribution is -2.31. The maximum atomic E-state index is 13.0. The molecule has 158 valence electrons. The Labute approximate surface area is 189 Å². The summed E-state index contributed by atoms with van der Waals surface area (Å²) in [6.45, 7) is 5.38. The van der Waals surface area contributed by atoms with Crippen LogP contribution in [0.3, 0.4) is 0 Å². The summed E-state index contributed by atoms with van der Waals surface area (Å²) in [7, 11) is 0. The first-order chi connectivity index (χ1) is 14.9. The monoisotopic (exact) mass is 455 g/mol. The second-order valence-electron chi connectivity index (χ2n) is 7.77.